The van der Waals surface area contributed by atoms with Gasteiger partial charge in [-0.3, -0.25) is 4.90 Å². The molecule has 1 aliphatic rings. The van der Waals surface area contributed by atoms with Gasteiger partial charge < -0.3 is 5.32 Å². The number of halogens is 2. The first-order chi connectivity index (χ1) is 7.35. The van der Waals surface area contributed by atoms with Crippen LogP contribution >= 0.6 is 0 Å². The summed E-state index contributed by atoms with van der Waals surface area (Å²) in [6.07, 6.45) is -0.412. The molecule has 1 fully saturated rings. The molecule has 0 amide bonds. The first-order valence-corrected chi connectivity index (χ1v) is 6.13. The van der Waals surface area contributed by atoms with Gasteiger partial charge in [0, 0.05) is 24.2 Å². The molecule has 1 aliphatic heterocycles. The predicted molar refractivity (Wildman–Crippen MR) is 63.0 cm³/mol. The molecule has 4 heteroatoms. The highest BCUT2D eigenvalue weighted by Gasteiger charge is 2.42. The normalized spacial score (nSPS) is 24.9. The second kappa shape index (κ2) is 4.96. The van der Waals surface area contributed by atoms with E-state index in [1.54, 1.807) is 0 Å². The summed E-state index contributed by atoms with van der Waals surface area (Å²) in [4.78, 5) is 1.98. The van der Waals surface area contributed by atoms with Crippen LogP contribution in [0.2, 0.25) is 0 Å². The average molecular weight is 234 g/mol. The molecule has 0 atom stereocenters. The molecular formula is C12H24F2N2. The summed E-state index contributed by atoms with van der Waals surface area (Å²) in [5.74, 6) is 0. The van der Waals surface area contributed by atoms with Gasteiger partial charge in [0.25, 0.3) is 6.43 Å². The molecule has 0 aromatic rings. The van der Waals surface area contributed by atoms with Crippen LogP contribution in [0.5, 0.6) is 0 Å². The van der Waals surface area contributed by atoms with E-state index in [4.69, 9.17) is 0 Å². The Morgan fingerprint density at radius 3 is 2.25 bits per heavy atom. The monoisotopic (exact) mass is 234 g/mol. The van der Waals surface area contributed by atoms with Gasteiger partial charge in [-0.05, 0) is 26.7 Å². The molecule has 1 heterocycles. The fourth-order valence-electron chi connectivity index (χ4n) is 2.59. The average Bonchev–Trinajstić information content (AvgIpc) is 2.17. The van der Waals surface area contributed by atoms with Gasteiger partial charge in [-0.25, -0.2) is 8.78 Å². The summed E-state index contributed by atoms with van der Waals surface area (Å²) in [6, 6.07) is 0. The topological polar surface area (TPSA) is 15.3 Å². The fraction of sp³-hybridized carbons (Fsp3) is 1.00. The van der Waals surface area contributed by atoms with Crippen LogP contribution in [0.3, 0.4) is 0 Å². The van der Waals surface area contributed by atoms with Crippen LogP contribution in [0.4, 0.5) is 8.78 Å². The van der Waals surface area contributed by atoms with Gasteiger partial charge in [-0.15, -0.1) is 0 Å². The van der Waals surface area contributed by atoms with Crippen molar-refractivity contribution >= 4 is 0 Å². The number of rotatable bonds is 4. The van der Waals surface area contributed by atoms with E-state index in [2.05, 4.69) is 33.0 Å². The van der Waals surface area contributed by atoms with E-state index in [0.717, 1.165) is 19.4 Å². The van der Waals surface area contributed by atoms with Gasteiger partial charge in [0.05, 0.1) is 6.54 Å². The Bertz CT molecular complexity index is 225. The van der Waals surface area contributed by atoms with Crippen LogP contribution in [-0.4, -0.2) is 42.0 Å². The Labute approximate surface area is 97.4 Å². The van der Waals surface area contributed by atoms with Crippen molar-refractivity contribution < 1.29 is 8.78 Å². The van der Waals surface area contributed by atoms with E-state index in [1.807, 2.05) is 4.90 Å². The minimum absolute atomic E-state index is 0.0667. The zero-order valence-electron chi connectivity index (χ0n) is 10.8. The molecule has 1 saturated heterocycles. The van der Waals surface area contributed by atoms with Crippen molar-refractivity contribution in [3.05, 3.63) is 0 Å². The summed E-state index contributed by atoms with van der Waals surface area (Å²) < 4.78 is 25.3. The maximum Gasteiger partial charge on any atom is 0.251 e. The molecule has 1 rings (SSSR count). The number of hydrogen-bond donors (Lipinski definition) is 1. The summed E-state index contributed by atoms with van der Waals surface area (Å²) in [6.45, 7) is 9.71. The molecule has 0 radical (unpaired) electrons. The Morgan fingerprint density at radius 1 is 1.25 bits per heavy atom. The molecule has 0 spiro atoms. The molecule has 0 saturated carbocycles. The lowest BCUT2D eigenvalue weighted by molar-refractivity contribution is -0.0298. The van der Waals surface area contributed by atoms with E-state index in [1.165, 1.54) is 0 Å². The van der Waals surface area contributed by atoms with Gasteiger partial charge in [0.1, 0.15) is 0 Å². The highest BCUT2D eigenvalue weighted by Crippen LogP contribution is 2.30. The van der Waals surface area contributed by atoms with Crippen LogP contribution in [0.15, 0.2) is 0 Å². The Balaban J connectivity index is 2.83. The number of nitrogens with one attached hydrogen (secondary N) is 1. The molecule has 0 unspecified atom stereocenters. The number of nitrogens with zero attached hydrogens (tertiary/aromatic N) is 1. The lowest BCUT2D eigenvalue weighted by Gasteiger charge is -2.52. The maximum absolute atomic E-state index is 12.6. The first kappa shape index (κ1) is 13.8. The zero-order chi connectivity index (χ0) is 12.4. The van der Waals surface area contributed by atoms with Crippen molar-refractivity contribution in [2.24, 2.45) is 0 Å². The molecule has 96 valence electrons. The van der Waals surface area contributed by atoms with Gasteiger partial charge >= 0.3 is 0 Å². The summed E-state index contributed by atoms with van der Waals surface area (Å²) in [5.41, 5.74) is -0.158. The lowest BCUT2D eigenvalue weighted by Crippen LogP contribution is -2.68. The number of alkyl halides is 2. The van der Waals surface area contributed by atoms with Crippen molar-refractivity contribution in [1.82, 2.24) is 10.2 Å². The number of piperazine rings is 1. The molecule has 0 aliphatic carbocycles. The molecule has 2 nitrogen and oxygen atoms in total. The van der Waals surface area contributed by atoms with Gasteiger partial charge in [0.2, 0.25) is 0 Å². The minimum Gasteiger partial charge on any atom is -0.309 e. The standard InChI is InChI=1S/C12H24F2N2/c1-5-12(6-2)8-15-11(3,4)9-16(12)7-10(13)14/h10,15H,5-9H2,1-4H3. The molecule has 0 aromatic carbocycles. The van der Waals surface area contributed by atoms with Crippen molar-refractivity contribution in [2.75, 3.05) is 19.6 Å². The van der Waals surface area contributed by atoms with Gasteiger partial charge in [-0.2, -0.15) is 0 Å². The second-order valence-corrected chi connectivity index (χ2v) is 5.44. The molecular weight excluding hydrogens is 210 g/mol. The Kier molecular flexibility index (Phi) is 4.29. The zero-order valence-corrected chi connectivity index (χ0v) is 10.8. The van der Waals surface area contributed by atoms with E-state index >= 15 is 0 Å². The predicted octanol–water partition coefficient (Wildman–Crippen LogP) is 2.49. The van der Waals surface area contributed by atoms with E-state index in [0.29, 0.717) is 6.54 Å². The highest BCUT2D eigenvalue weighted by molar-refractivity contribution is 5.01. The van der Waals surface area contributed by atoms with Crippen LogP contribution in [0.25, 0.3) is 0 Å². The maximum atomic E-state index is 12.6. The molecule has 0 bridgehead atoms. The van der Waals surface area contributed by atoms with Crippen LogP contribution in [-0.2, 0) is 0 Å². The van der Waals surface area contributed by atoms with Crippen LogP contribution < -0.4 is 5.32 Å². The van der Waals surface area contributed by atoms with Crippen molar-refractivity contribution in [3.8, 4) is 0 Å². The van der Waals surface area contributed by atoms with E-state index in [9.17, 15) is 8.78 Å². The summed E-state index contributed by atoms with van der Waals surface area (Å²) >= 11 is 0. The quantitative estimate of drug-likeness (QED) is 0.804. The van der Waals surface area contributed by atoms with Crippen molar-refractivity contribution in [1.29, 1.82) is 0 Å². The third kappa shape index (κ3) is 2.92. The summed E-state index contributed by atoms with van der Waals surface area (Å²) in [5, 5.41) is 3.47. The molecule has 0 aromatic heterocycles. The third-order valence-corrected chi connectivity index (χ3v) is 3.83. The molecule has 16 heavy (non-hydrogen) atoms. The second-order valence-electron chi connectivity index (χ2n) is 5.44. The first-order valence-electron chi connectivity index (χ1n) is 6.13. The third-order valence-electron chi connectivity index (χ3n) is 3.83. The highest BCUT2D eigenvalue weighted by atomic mass is 19.3. The Hall–Kier alpha value is -0.220. The van der Waals surface area contributed by atoms with Crippen molar-refractivity contribution in [3.63, 3.8) is 0 Å². The van der Waals surface area contributed by atoms with Crippen LogP contribution in [0.1, 0.15) is 40.5 Å². The van der Waals surface area contributed by atoms with Crippen molar-refractivity contribution in [2.45, 2.75) is 58.0 Å². The largest absolute Gasteiger partial charge is 0.309 e. The molecule has 1 N–H and O–H groups in total. The Morgan fingerprint density at radius 2 is 1.81 bits per heavy atom. The smallest absolute Gasteiger partial charge is 0.251 e. The summed E-state index contributed by atoms with van der Waals surface area (Å²) in [7, 11) is 0. The van der Waals surface area contributed by atoms with E-state index < -0.39 is 6.43 Å². The van der Waals surface area contributed by atoms with E-state index in [-0.39, 0.29) is 17.6 Å². The SMILES string of the molecule is CCC1(CC)CNC(C)(C)CN1CC(F)F. The van der Waals surface area contributed by atoms with Gasteiger partial charge in [0.15, 0.2) is 0 Å². The van der Waals surface area contributed by atoms with Gasteiger partial charge in [-0.1, -0.05) is 13.8 Å². The fourth-order valence-corrected chi connectivity index (χ4v) is 2.59. The lowest BCUT2D eigenvalue weighted by atomic mass is 9.84. The number of hydrogen-bond acceptors (Lipinski definition) is 2. The van der Waals surface area contributed by atoms with Crippen LogP contribution in [0, 0.1) is 0 Å². The minimum atomic E-state index is -2.24.